The summed E-state index contributed by atoms with van der Waals surface area (Å²) in [5.74, 6) is 0. The van der Waals surface area contributed by atoms with E-state index in [9.17, 15) is 0 Å². The molecule has 0 saturated carbocycles. The topological polar surface area (TPSA) is 25.8 Å². The zero-order chi connectivity index (χ0) is 13.9. The third kappa shape index (κ3) is 3.51. The minimum atomic E-state index is -0.880. The average Bonchev–Trinajstić information content (AvgIpc) is 2.40. The van der Waals surface area contributed by atoms with E-state index >= 15 is 0 Å². The first-order chi connectivity index (χ1) is 8.92. The molecule has 104 valence electrons. The molecule has 0 aromatic carbocycles. The van der Waals surface area contributed by atoms with E-state index < -0.39 is 20.1 Å². The Kier molecular flexibility index (Phi) is 4.21. The van der Waals surface area contributed by atoms with Crippen molar-refractivity contribution in [3.8, 4) is 0 Å². The normalized spacial score (nSPS) is 14.1. The Hall–Kier alpha value is -1.00. The van der Waals surface area contributed by atoms with Crippen LogP contribution in [0, 0.1) is 0 Å². The van der Waals surface area contributed by atoms with E-state index in [1.54, 1.807) is 0 Å². The van der Waals surface area contributed by atoms with Gasteiger partial charge in [-0.15, -0.1) is 0 Å². The van der Waals surface area contributed by atoms with Gasteiger partial charge in [0.05, 0.1) is 10.1 Å². The Morgan fingerprint density at radius 1 is 0.737 bits per heavy atom. The predicted octanol–water partition coefficient (Wildman–Crippen LogP) is 3.98. The van der Waals surface area contributed by atoms with E-state index in [-0.39, 0.29) is 0 Å². The fraction of sp³-hybridized carbons (Fsp3) is 0.333. The van der Waals surface area contributed by atoms with Gasteiger partial charge in [-0.2, -0.15) is 20.1 Å². The highest BCUT2D eigenvalue weighted by Crippen LogP contribution is 2.62. The molecule has 0 fully saturated rings. The maximum Gasteiger partial charge on any atom is 0.0792 e. The molecule has 0 N–H and O–H groups in total. The number of aromatic nitrogens is 2. The SMILES string of the molecule is CS(C)(CS(C)(C)c1ccccn1)c1ccccn1. The molecule has 2 rings (SSSR count). The van der Waals surface area contributed by atoms with Crippen molar-refractivity contribution in [2.24, 2.45) is 0 Å². The first kappa shape index (κ1) is 14.4. The van der Waals surface area contributed by atoms with Gasteiger partial charge in [0.15, 0.2) is 0 Å². The molecule has 0 amide bonds. The first-order valence-electron chi connectivity index (χ1n) is 6.16. The highest BCUT2D eigenvalue weighted by atomic mass is 32.3. The van der Waals surface area contributed by atoms with E-state index in [1.165, 1.54) is 15.1 Å². The second kappa shape index (κ2) is 5.55. The third-order valence-electron chi connectivity index (χ3n) is 3.00. The van der Waals surface area contributed by atoms with Crippen LogP contribution in [0.1, 0.15) is 0 Å². The molecule has 2 aromatic heterocycles. The van der Waals surface area contributed by atoms with Gasteiger partial charge < -0.3 is 0 Å². The third-order valence-corrected chi connectivity index (χ3v) is 10.5. The van der Waals surface area contributed by atoms with Crippen LogP contribution in [0.4, 0.5) is 0 Å². The standard InChI is InChI=1S/C15H22N2S2/c1-18(2,14-9-5-7-11-16-14)13-19(3,4)15-10-6-8-12-17-15/h5-12H,13H2,1-4H3. The Balaban J connectivity index is 2.25. The lowest BCUT2D eigenvalue weighted by atomic mass is 10.5. The molecule has 0 saturated heterocycles. The molecule has 0 aliphatic carbocycles. The Morgan fingerprint density at radius 2 is 1.16 bits per heavy atom. The molecule has 2 heterocycles. The van der Waals surface area contributed by atoms with Crippen LogP contribution in [0.5, 0.6) is 0 Å². The zero-order valence-electron chi connectivity index (χ0n) is 12.0. The summed E-state index contributed by atoms with van der Waals surface area (Å²) in [6, 6.07) is 12.4. The van der Waals surface area contributed by atoms with Crippen LogP contribution in [-0.2, 0) is 0 Å². The van der Waals surface area contributed by atoms with Gasteiger partial charge in [0.25, 0.3) is 0 Å². The van der Waals surface area contributed by atoms with Crippen molar-refractivity contribution in [2.45, 2.75) is 10.1 Å². The molecule has 0 unspecified atom stereocenters. The van der Waals surface area contributed by atoms with E-state index in [0.29, 0.717) is 0 Å². The largest absolute Gasteiger partial charge is 0.252 e. The highest BCUT2D eigenvalue weighted by molar-refractivity contribution is 8.47. The molecular weight excluding hydrogens is 272 g/mol. The number of rotatable bonds is 4. The molecule has 2 aromatic rings. The average molecular weight is 294 g/mol. The summed E-state index contributed by atoms with van der Waals surface area (Å²) in [5.41, 5.74) is 0. The summed E-state index contributed by atoms with van der Waals surface area (Å²) in [5, 5.41) is 3.66. The maximum atomic E-state index is 4.56. The first-order valence-corrected chi connectivity index (χ1v) is 11.4. The molecule has 0 aliphatic rings. The van der Waals surface area contributed by atoms with Gasteiger partial charge in [0, 0.05) is 17.5 Å². The highest BCUT2D eigenvalue weighted by Gasteiger charge is 2.26. The van der Waals surface area contributed by atoms with Gasteiger partial charge in [0.1, 0.15) is 0 Å². The summed E-state index contributed by atoms with van der Waals surface area (Å²) < 4.78 is 0. The molecule has 0 radical (unpaired) electrons. The van der Waals surface area contributed by atoms with Crippen molar-refractivity contribution in [1.29, 1.82) is 0 Å². The summed E-state index contributed by atoms with van der Waals surface area (Å²) >= 11 is 0. The van der Waals surface area contributed by atoms with E-state index in [1.807, 2.05) is 24.5 Å². The van der Waals surface area contributed by atoms with Crippen molar-refractivity contribution in [3.05, 3.63) is 48.8 Å². The van der Waals surface area contributed by atoms with E-state index in [4.69, 9.17) is 0 Å². The fourth-order valence-electron chi connectivity index (χ4n) is 2.21. The zero-order valence-corrected chi connectivity index (χ0v) is 13.7. The molecule has 0 aliphatic heterocycles. The lowest BCUT2D eigenvalue weighted by Gasteiger charge is -2.41. The van der Waals surface area contributed by atoms with Crippen LogP contribution in [0.3, 0.4) is 0 Å². The molecule has 4 heteroatoms. The molecule has 0 spiro atoms. The second-order valence-electron chi connectivity index (χ2n) is 5.53. The second-order valence-corrected chi connectivity index (χ2v) is 13.5. The van der Waals surface area contributed by atoms with Crippen molar-refractivity contribution >= 4 is 20.1 Å². The number of hydrogen-bond donors (Lipinski definition) is 0. The van der Waals surface area contributed by atoms with Gasteiger partial charge >= 0.3 is 0 Å². The summed E-state index contributed by atoms with van der Waals surface area (Å²) in [6.45, 7) is 0. The predicted molar refractivity (Wildman–Crippen MR) is 88.8 cm³/mol. The smallest absolute Gasteiger partial charge is 0.0792 e. The summed E-state index contributed by atoms with van der Waals surface area (Å²) in [7, 11) is -1.76. The molecular formula is C15H22N2S2. The van der Waals surface area contributed by atoms with Gasteiger partial charge in [0.2, 0.25) is 0 Å². The van der Waals surface area contributed by atoms with Crippen molar-refractivity contribution in [3.63, 3.8) is 0 Å². The Morgan fingerprint density at radius 3 is 1.47 bits per heavy atom. The van der Waals surface area contributed by atoms with Crippen LogP contribution in [-0.4, -0.2) is 40.1 Å². The summed E-state index contributed by atoms with van der Waals surface area (Å²) in [4.78, 5) is 9.12. The number of nitrogens with zero attached hydrogens (tertiary/aromatic N) is 2. The fourth-order valence-corrected chi connectivity index (χ4v) is 10.7. The van der Waals surface area contributed by atoms with Gasteiger partial charge in [-0.25, -0.2) is 0 Å². The van der Waals surface area contributed by atoms with Gasteiger partial charge in [-0.1, -0.05) is 12.1 Å². The van der Waals surface area contributed by atoms with E-state index in [2.05, 4.69) is 59.3 Å². The quantitative estimate of drug-likeness (QED) is 0.852. The van der Waals surface area contributed by atoms with Crippen LogP contribution in [0.25, 0.3) is 0 Å². The van der Waals surface area contributed by atoms with Gasteiger partial charge in [-0.05, 0) is 49.3 Å². The van der Waals surface area contributed by atoms with Crippen LogP contribution < -0.4 is 0 Å². The Labute approximate surface area is 119 Å². The molecule has 0 atom stereocenters. The molecule has 0 bridgehead atoms. The van der Waals surface area contributed by atoms with Crippen molar-refractivity contribution < 1.29 is 0 Å². The number of hydrogen-bond acceptors (Lipinski definition) is 2. The molecule has 2 nitrogen and oxygen atoms in total. The van der Waals surface area contributed by atoms with Crippen molar-refractivity contribution in [1.82, 2.24) is 9.97 Å². The lowest BCUT2D eigenvalue weighted by molar-refractivity contribution is 1.11. The van der Waals surface area contributed by atoms with Crippen molar-refractivity contribution in [2.75, 3.05) is 30.1 Å². The molecule has 19 heavy (non-hydrogen) atoms. The van der Waals surface area contributed by atoms with E-state index in [0.717, 1.165) is 0 Å². The Bertz CT molecular complexity index is 475. The lowest BCUT2D eigenvalue weighted by Crippen LogP contribution is -2.12. The van der Waals surface area contributed by atoms with Gasteiger partial charge in [-0.3, -0.25) is 9.97 Å². The maximum absolute atomic E-state index is 4.56. The number of pyridine rings is 2. The minimum Gasteiger partial charge on any atom is -0.252 e. The van der Waals surface area contributed by atoms with Crippen LogP contribution in [0.15, 0.2) is 58.8 Å². The minimum absolute atomic E-state index is 0.880. The van der Waals surface area contributed by atoms with Crippen LogP contribution >= 0.6 is 20.1 Å². The monoisotopic (exact) mass is 294 g/mol. The summed E-state index contributed by atoms with van der Waals surface area (Å²) in [6.07, 6.45) is 13.2. The van der Waals surface area contributed by atoms with Crippen LogP contribution in [0.2, 0.25) is 0 Å².